The fourth-order valence-corrected chi connectivity index (χ4v) is 6.15. The number of sulfonamides is 1. The van der Waals surface area contributed by atoms with E-state index in [0.717, 1.165) is 43.2 Å². The van der Waals surface area contributed by atoms with Crippen LogP contribution in [-0.4, -0.2) is 47.6 Å². The van der Waals surface area contributed by atoms with Crippen molar-refractivity contribution in [3.05, 3.63) is 89.5 Å². The predicted molar refractivity (Wildman–Crippen MR) is 172 cm³/mol. The highest BCUT2D eigenvalue weighted by Crippen LogP contribution is 2.29. The number of hydrogen-bond donors (Lipinski definition) is 3. The van der Waals surface area contributed by atoms with E-state index in [2.05, 4.69) is 5.32 Å². The number of amides is 2. The summed E-state index contributed by atoms with van der Waals surface area (Å²) in [4.78, 5) is 27.7. The molecule has 0 atom stereocenters. The van der Waals surface area contributed by atoms with Crippen LogP contribution >= 0.6 is 34.8 Å². The Morgan fingerprint density at radius 3 is 2.30 bits per heavy atom. The lowest BCUT2D eigenvalue weighted by molar-refractivity contribution is -0.134. The summed E-state index contributed by atoms with van der Waals surface area (Å²) in [6.45, 7) is -0.136. The first-order valence-corrected chi connectivity index (χ1v) is 16.7. The van der Waals surface area contributed by atoms with Crippen molar-refractivity contribution in [1.82, 2.24) is 10.2 Å². The van der Waals surface area contributed by atoms with Crippen LogP contribution in [0.25, 0.3) is 11.1 Å². The number of alkyl halides is 3. The Hall–Kier alpha value is -3.15. The summed E-state index contributed by atoms with van der Waals surface area (Å²) in [5.74, 6) is -0.232. The molecule has 4 rings (SSSR count). The van der Waals surface area contributed by atoms with Gasteiger partial charge in [-0.15, -0.1) is 0 Å². The topological polar surface area (TPSA) is 143 Å². The van der Waals surface area contributed by atoms with Gasteiger partial charge >= 0.3 is 6.09 Å². The van der Waals surface area contributed by atoms with E-state index in [-0.39, 0.29) is 29.1 Å². The van der Waals surface area contributed by atoms with Crippen LogP contribution in [0.4, 0.5) is 4.79 Å². The Labute approximate surface area is 272 Å². The predicted octanol–water partition coefficient (Wildman–Crippen LogP) is 6.33. The monoisotopic (exact) mass is 678 g/mol. The molecule has 0 aromatic heterocycles. The van der Waals surface area contributed by atoms with Crippen molar-refractivity contribution >= 4 is 62.7 Å². The average molecular weight is 680 g/mol. The molecule has 1 aliphatic carbocycles. The van der Waals surface area contributed by atoms with Crippen molar-refractivity contribution in [1.29, 1.82) is 5.41 Å². The number of carbonyl (C=O) groups is 2. The van der Waals surface area contributed by atoms with Crippen LogP contribution in [0.15, 0.2) is 77.7 Å². The summed E-state index contributed by atoms with van der Waals surface area (Å²) in [5, 5.41) is 16.0. The maximum absolute atomic E-state index is 13.8. The molecule has 234 valence electrons. The minimum Gasteiger partial charge on any atom is -0.445 e. The summed E-state index contributed by atoms with van der Waals surface area (Å²) in [7, 11) is -3.90. The summed E-state index contributed by atoms with van der Waals surface area (Å²) >= 11 is 16.8. The number of halogens is 3. The van der Waals surface area contributed by atoms with Gasteiger partial charge in [0.15, 0.2) is 0 Å². The Balaban J connectivity index is 1.48. The van der Waals surface area contributed by atoms with Gasteiger partial charge in [0.25, 0.3) is 0 Å². The number of nitrogens with two attached hydrogens (primary N) is 1. The summed E-state index contributed by atoms with van der Waals surface area (Å²) in [6.07, 6.45) is 4.26. The van der Waals surface area contributed by atoms with E-state index in [4.69, 9.17) is 50.1 Å². The molecule has 0 saturated heterocycles. The minimum absolute atomic E-state index is 0.0384. The SMILES string of the molecule is N=C(NC(=O)OCC(Cl)(Cl)Cl)c1cccc(CN(C(=O)Cc2ccc(-c3ccccc3S(N)(=O)=O)cc2)C2CCCCC2)c1. The minimum atomic E-state index is -3.90. The standard InChI is InChI=1S/C31H33Cl3N4O5S/c32-31(33,34)20-43-30(40)37-29(35)24-8-6-7-22(17-24)19-38(25-9-2-1-3-10-25)28(39)18-21-13-15-23(16-14-21)26-11-4-5-12-27(26)44(36,41)42/h4-8,11-17,25H,1-3,9-10,18-20H2,(H2,35,37,40)(H2,36,41,42). The molecule has 0 aliphatic heterocycles. The first-order valence-electron chi connectivity index (χ1n) is 14.0. The molecule has 44 heavy (non-hydrogen) atoms. The van der Waals surface area contributed by atoms with E-state index in [9.17, 15) is 18.0 Å². The molecule has 2 amide bonds. The van der Waals surface area contributed by atoms with Crippen molar-refractivity contribution in [2.45, 2.75) is 59.8 Å². The van der Waals surface area contributed by atoms with E-state index in [0.29, 0.717) is 23.2 Å². The highest BCUT2D eigenvalue weighted by atomic mass is 35.6. The summed E-state index contributed by atoms with van der Waals surface area (Å²) in [5.41, 5.74) is 3.20. The molecular weight excluding hydrogens is 647 g/mol. The normalized spacial score (nSPS) is 14.1. The van der Waals surface area contributed by atoms with Crippen LogP contribution < -0.4 is 10.5 Å². The molecule has 13 heteroatoms. The van der Waals surface area contributed by atoms with Crippen molar-refractivity contribution in [3.8, 4) is 11.1 Å². The van der Waals surface area contributed by atoms with Crippen molar-refractivity contribution in [2.24, 2.45) is 5.14 Å². The molecule has 1 saturated carbocycles. The van der Waals surface area contributed by atoms with E-state index in [1.165, 1.54) is 6.07 Å². The quantitative estimate of drug-likeness (QED) is 0.138. The second-order valence-corrected chi connectivity index (χ2v) is 14.7. The van der Waals surface area contributed by atoms with Gasteiger partial charge in [-0.25, -0.2) is 18.4 Å². The number of ether oxygens (including phenoxy) is 1. The van der Waals surface area contributed by atoms with Gasteiger partial charge in [0.05, 0.1) is 11.3 Å². The van der Waals surface area contributed by atoms with Crippen LogP contribution in [0, 0.1) is 5.41 Å². The van der Waals surface area contributed by atoms with Gasteiger partial charge in [-0.05, 0) is 41.7 Å². The molecule has 9 nitrogen and oxygen atoms in total. The van der Waals surface area contributed by atoms with Gasteiger partial charge in [-0.2, -0.15) is 0 Å². The first kappa shape index (κ1) is 33.7. The van der Waals surface area contributed by atoms with Crippen molar-refractivity contribution in [3.63, 3.8) is 0 Å². The van der Waals surface area contributed by atoms with Gasteiger partial charge in [0.1, 0.15) is 12.4 Å². The van der Waals surface area contributed by atoms with Crippen LogP contribution in [0.3, 0.4) is 0 Å². The number of rotatable bonds is 9. The fraction of sp³-hybridized carbons (Fsp3) is 0.323. The fourth-order valence-electron chi connectivity index (χ4n) is 5.22. The highest BCUT2D eigenvalue weighted by Gasteiger charge is 2.26. The molecule has 0 bridgehead atoms. The number of primary sulfonamides is 1. The molecule has 0 heterocycles. The maximum Gasteiger partial charge on any atom is 0.412 e. The number of benzene rings is 3. The number of nitrogens with zero attached hydrogens (tertiary/aromatic N) is 1. The Morgan fingerprint density at radius 2 is 1.64 bits per heavy atom. The molecular formula is C31H33Cl3N4O5S. The Bertz CT molecular complexity index is 1600. The highest BCUT2D eigenvalue weighted by molar-refractivity contribution is 7.89. The van der Waals surface area contributed by atoms with Crippen LogP contribution in [0.5, 0.6) is 0 Å². The smallest absolute Gasteiger partial charge is 0.412 e. The third-order valence-corrected chi connectivity index (χ3v) is 8.61. The molecule has 1 fully saturated rings. The number of carbonyl (C=O) groups excluding carboxylic acids is 2. The number of hydrogen-bond acceptors (Lipinski definition) is 6. The van der Waals surface area contributed by atoms with Crippen molar-refractivity contribution < 1.29 is 22.7 Å². The Morgan fingerprint density at radius 1 is 0.955 bits per heavy atom. The lowest BCUT2D eigenvalue weighted by Crippen LogP contribution is -2.41. The second-order valence-electron chi connectivity index (χ2n) is 10.6. The summed E-state index contributed by atoms with van der Waals surface area (Å²) < 4.78 is 27.2. The first-order chi connectivity index (χ1) is 20.8. The number of nitrogens with one attached hydrogen (secondary N) is 2. The zero-order valence-corrected chi connectivity index (χ0v) is 26.9. The molecule has 4 N–H and O–H groups in total. The van der Waals surface area contributed by atoms with Gasteiger partial charge in [-0.3, -0.25) is 15.5 Å². The van der Waals surface area contributed by atoms with Gasteiger partial charge in [0.2, 0.25) is 19.7 Å². The molecule has 0 unspecified atom stereocenters. The van der Waals surface area contributed by atoms with Crippen molar-refractivity contribution in [2.75, 3.05) is 6.61 Å². The van der Waals surface area contributed by atoms with Crippen LogP contribution in [0.2, 0.25) is 0 Å². The molecule has 3 aromatic carbocycles. The molecule has 0 spiro atoms. The summed E-state index contributed by atoms with van der Waals surface area (Å²) in [6, 6.07) is 20.9. The Kier molecular flexibility index (Phi) is 11.3. The van der Waals surface area contributed by atoms with E-state index in [1.807, 2.05) is 23.1 Å². The average Bonchev–Trinajstić information content (AvgIpc) is 2.99. The van der Waals surface area contributed by atoms with E-state index < -0.39 is 26.5 Å². The zero-order valence-electron chi connectivity index (χ0n) is 23.8. The van der Waals surface area contributed by atoms with Gasteiger partial charge in [-0.1, -0.05) is 115 Å². The lowest BCUT2D eigenvalue weighted by Gasteiger charge is -2.35. The number of alkyl carbamates (subject to hydrolysis) is 1. The lowest BCUT2D eigenvalue weighted by atomic mass is 9.93. The molecule has 3 aromatic rings. The van der Waals surface area contributed by atoms with Gasteiger partial charge in [0, 0.05) is 23.7 Å². The van der Waals surface area contributed by atoms with E-state index >= 15 is 0 Å². The molecule has 1 aliphatic rings. The zero-order chi connectivity index (χ0) is 31.9. The third-order valence-electron chi connectivity index (χ3n) is 7.31. The maximum atomic E-state index is 13.8. The molecule has 0 radical (unpaired) electrons. The second kappa shape index (κ2) is 14.8. The van der Waals surface area contributed by atoms with Crippen LogP contribution in [0.1, 0.15) is 48.8 Å². The van der Waals surface area contributed by atoms with E-state index in [1.54, 1.807) is 48.5 Å². The largest absolute Gasteiger partial charge is 0.445 e. The van der Waals surface area contributed by atoms with Crippen LogP contribution in [-0.2, 0) is 32.5 Å². The number of amidine groups is 1. The van der Waals surface area contributed by atoms with Gasteiger partial charge < -0.3 is 9.64 Å². The third kappa shape index (κ3) is 9.67.